The molecule has 0 aromatic rings. The van der Waals surface area contributed by atoms with Crippen LogP contribution in [0.15, 0.2) is 0 Å². The van der Waals surface area contributed by atoms with E-state index in [0.717, 1.165) is 13.0 Å². The molecular weight excluding hydrogens is 244 g/mol. The normalized spacial score (nSPS) is 29.2. The van der Waals surface area contributed by atoms with E-state index in [1.165, 1.54) is 25.9 Å². The smallest absolute Gasteiger partial charge is 0.307 e. The molecule has 5 heteroatoms. The number of carboxylic acids is 1. The first-order valence-electron chi connectivity index (χ1n) is 7.17. The van der Waals surface area contributed by atoms with E-state index >= 15 is 0 Å². The van der Waals surface area contributed by atoms with Gasteiger partial charge in [-0.2, -0.15) is 0 Å². The van der Waals surface area contributed by atoms with Gasteiger partial charge in [-0.15, -0.1) is 0 Å². The molecule has 0 aromatic heterocycles. The van der Waals surface area contributed by atoms with Crippen molar-refractivity contribution in [2.24, 2.45) is 17.3 Å². The molecule has 108 valence electrons. The van der Waals surface area contributed by atoms with E-state index in [1.54, 1.807) is 0 Å². The van der Waals surface area contributed by atoms with Crippen LogP contribution in [0.2, 0.25) is 0 Å². The topological polar surface area (TPSA) is 69.6 Å². The predicted octanol–water partition coefficient (Wildman–Crippen LogP) is 0.945. The summed E-state index contributed by atoms with van der Waals surface area (Å²) in [6.07, 6.45) is 3.50. The minimum Gasteiger partial charge on any atom is -0.481 e. The van der Waals surface area contributed by atoms with Crippen LogP contribution in [-0.4, -0.2) is 48.1 Å². The van der Waals surface area contributed by atoms with Crippen LogP contribution in [0.1, 0.15) is 33.1 Å². The predicted molar refractivity (Wildman–Crippen MR) is 71.7 cm³/mol. The summed E-state index contributed by atoms with van der Waals surface area (Å²) in [7, 11) is 0. The average molecular weight is 268 g/mol. The number of nitrogens with zero attached hydrogens (tertiary/aromatic N) is 1. The Morgan fingerprint density at radius 3 is 2.42 bits per heavy atom. The van der Waals surface area contributed by atoms with Crippen LogP contribution in [0.25, 0.3) is 0 Å². The number of amides is 1. The van der Waals surface area contributed by atoms with Crippen molar-refractivity contribution in [3.8, 4) is 0 Å². The van der Waals surface area contributed by atoms with Gasteiger partial charge in [-0.05, 0) is 44.3 Å². The molecule has 0 spiro atoms. The van der Waals surface area contributed by atoms with Crippen molar-refractivity contribution in [2.45, 2.75) is 33.1 Å². The lowest BCUT2D eigenvalue weighted by atomic mass is 10.1. The zero-order chi connectivity index (χ0) is 14.0. The van der Waals surface area contributed by atoms with Gasteiger partial charge in [0, 0.05) is 6.54 Å². The summed E-state index contributed by atoms with van der Waals surface area (Å²) >= 11 is 0. The Morgan fingerprint density at radius 1 is 1.26 bits per heavy atom. The summed E-state index contributed by atoms with van der Waals surface area (Å²) in [4.78, 5) is 25.4. The maximum atomic E-state index is 11.9. The number of nitrogens with one attached hydrogen (secondary N) is 1. The highest BCUT2D eigenvalue weighted by Gasteiger charge is 2.65. The maximum absolute atomic E-state index is 11.9. The molecular formula is C14H24N2O3. The van der Waals surface area contributed by atoms with Gasteiger partial charge in [-0.3, -0.25) is 9.59 Å². The first-order valence-corrected chi connectivity index (χ1v) is 7.17. The molecule has 2 fully saturated rings. The van der Waals surface area contributed by atoms with E-state index in [1.807, 2.05) is 13.8 Å². The number of carboxylic acid groups (broad SMARTS) is 1. The van der Waals surface area contributed by atoms with Gasteiger partial charge in [0.25, 0.3) is 0 Å². The number of rotatable bonds is 6. The van der Waals surface area contributed by atoms with E-state index in [-0.39, 0.29) is 11.8 Å². The van der Waals surface area contributed by atoms with Crippen molar-refractivity contribution in [2.75, 3.05) is 26.2 Å². The molecule has 0 radical (unpaired) electrons. The number of hydrogen-bond acceptors (Lipinski definition) is 3. The molecule has 0 aromatic carbocycles. The number of likely N-dealkylation sites (tertiary alicyclic amines) is 1. The molecule has 2 atom stereocenters. The quantitative estimate of drug-likeness (QED) is 0.704. The Kier molecular flexibility index (Phi) is 4.13. The molecule has 1 saturated heterocycles. The second-order valence-electron chi connectivity index (χ2n) is 6.31. The lowest BCUT2D eigenvalue weighted by Gasteiger charge is -2.14. The van der Waals surface area contributed by atoms with Crippen LogP contribution in [0.3, 0.4) is 0 Å². The third-order valence-corrected chi connectivity index (χ3v) is 4.52. The molecule has 5 nitrogen and oxygen atoms in total. The molecule has 2 aliphatic rings. The largest absolute Gasteiger partial charge is 0.481 e. The van der Waals surface area contributed by atoms with Crippen molar-refractivity contribution in [1.29, 1.82) is 0 Å². The van der Waals surface area contributed by atoms with Crippen LogP contribution >= 0.6 is 0 Å². The summed E-state index contributed by atoms with van der Waals surface area (Å²) in [5, 5.41) is 11.9. The SMILES string of the molecule is CC1(C)[C@H](C(=O)O)[C@@H]1C(=O)NCCCN1CCCC1. The van der Waals surface area contributed by atoms with Crippen LogP contribution in [0.5, 0.6) is 0 Å². The number of carbonyl (C=O) groups excluding carboxylic acids is 1. The second-order valence-corrected chi connectivity index (χ2v) is 6.31. The fourth-order valence-electron chi connectivity index (χ4n) is 3.22. The van der Waals surface area contributed by atoms with Gasteiger partial charge in [0.1, 0.15) is 0 Å². The molecule has 1 aliphatic carbocycles. The maximum Gasteiger partial charge on any atom is 0.307 e. The summed E-state index contributed by atoms with van der Waals surface area (Å²) in [6.45, 7) is 7.71. The van der Waals surface area contributed by atoms with E-state index in [0.29, 0.717) is 6.54 Å². The molecule has 19 heavy (non-hydrogen) atoms. The lowest BCUT2D eigenvalue weighted by Crippen LogP contribution is -2.31. The van der Waals surface area contributed by atoms with Crippen molar-refractivity contribution in [3.63, 3.8) is 0 Å². The van der Waals surface area contributed by atoms with Gasteiger partial charge in [0.05, 0.1) is 11.8 Å². The highest BCUT2D eigenvalue weighted by Crippen LogP contribution is 2.58. The van der Waals surface area contributed by atoms with E-state index in [9.17, 15) is 9.59 Å². The Morgan fingerprint density at radius 2 is 1.89 bits per heavy atom. The molecule has 1 heterocycles. The Bertz CT molecular complexity index is 362. The van der Waals surface area contributed by atoms with Crippen molar-refractivity contribution in [3.05, 3.63) is 0 Å². The highest BCUT2D eigenvalue weighted by atomic mass is 16.4. The van der Waals surface area contributed by atoms with Gasteiger partial charge in [-0.25, -0.2) is 0 Å². The third-order valence-electron chi connectivity index (χ3n) is 4.52. The summed E-state index contributed by atoms with van der Waals surface area (Å²) in [5.41, 5.74) is -0.398. The zero-order valence-electron chi connectivity index (χ0n) is 11.8. The van der Waals surface area contributed by atoms with Gasteiger partial charge >= 0.3 is 5.97 Å². The van der Waals surface area contributed by atoms with Crippen molar-refractivity contribution < 1.29 is 14.7 Å². The first-order chi connectivity index (χ1) is 8.94. The fourth-order valence-corrected chi connectivity index (χ4v) is 3.22. The van der Waals surface area contributed by atoms with E-state index in [4.69, 9.17) is 5.11 Å². The average Bonchev–Trinajstić information content (AvgIpc) is 2.73. The molecule has 0 unspecified atom stereocenters. The Labute approximate surface area is 114 Å². The summed E-state index contributed by atoms with van der Waals surface area (Å²) in [5.74, 6) is -1.84. The van der Waals surface area contributed by atoms with Crippen LogP contribution in [0, 0.1) is 17.3 Å². The van der Waals surface area contributed by atoms with Crippen molar-refractivity contribution >= 4 is 11.9 Å². The Hall–Kier alpha value is -1.10. The van der Waals surface area contributed by atoms with Crippen LogP contribution in [0.4, 0.5) is 0 Å². The molecule has 1 aliphatic heterocycles. The molecule has 2 N–H and O–H groups in total. The monoisotopic (exact) mass is 268 g/mol. The summed E-state index contributed by atoms with van der Waals surface area (Å²) in [6, 6.07) is 0. The number of hydrogen-bond donors (Lipinski definition) is 2. The van der Waals surface area contributed by atoms with Crippen LogP contribution < -0.4 is 5.32 Å². The zero-order valence-corrected chi connectivity index (χ0v) is 11.8. The molecule has 2 rings (SSSR count). The fraction of sp³-hybridized carbons (Fsp3) is 0.857. The lowest BCUT2D eigenvalue weighted by molar-refractivity contribution is -0.140. The minimum atomic E-state index is -0.859. The second kappa shape index (κ2) is 5.49. The summed E-state index contributed by atoms with van der Waals surface area (Å²) < 4.78 is 0. The van der Waals surface area contributed by atoms with E-state index in [2.05, 4.69) is 10.2 Å². The van der Waals surface area contributed by atoms with Gasteiger partial charge < -0.3 is 15.3 Å². The highest BCUT2D eigenvalue weighted by molar-refractivity contribution is 5.91. The van der Waals surface area contributed by atoms with Gasteiger partial charge in [-0.1, -0.05) is 13.8 Å². The minimum absolute atomic E-state index is 0.0983. The molecule has 1 saturated carbocycles. The van der Waals surface area contributed by atoms with Crippen LogP contribution in [-0.2, 0) is 9.59 Å². The van der Waals surface area contributed by atoms with Gasteiger partial charge in [0.2, 0.25) is 5.91 Å². The molecule has 1 amide bonds. The standard InChI is InChI=1S/C14H24N2O3/c1-14(2)10(11(14)13(18)19)12(17)15-6-5-9-16-7-3-4-8-16/h10-11H,3-9H2,1-2H3,(H,15,17)(H,18,19)/t10-,11+/m1/s1. The van der Waals surface area contributed by atoms with E-state index < -0.39 is 17.3 Å². The molecule has 0 bridgehead atoms. The first kappa shape index (κ1) is 14.3. The number of carbonyl (C=O) groups is 2. The van der Waals surface area contributed by atoms with Gasteiger partial charge in [0.15, 0.2) is 0 Å². The third kappa shape index (κ3) is 3.08. The number of aliphatic carboxylic acids is 1. The Balaban J connectivity index is 1.66. The van der Waals surface area contributed by atoms with Crippen molar-refractivity contribution in [1.82, 2.24) is 10.2 Å².